The highest BCUT2D eigenvalue weighted by Gasteiger charge is 2.29. The third kappa shape index (κ3) is 5.73. The SMILES string of the molecule is CCC(C)SCC(Cc1ccc(C(F)(F)F)cc1)NN. The molecule has 0 spiro atoms. The van der Waals surface area contributed by atoms with Gasteiger partial charge in [-0.1, -0.05) is 26.0 Å². The number of nitrogens with one attached hydrogen (secondary N) is 1. The second-order valence-electron chi connectivity index (χ2n) is 4.81. The fourth-order valence-corrected chi connectivity index (χ4v) is 2.69. The zero-order chi connectivity index (χ0) is 15.2. The highest BCUT2D eigenvalue weighted by Crippen LogP contribution is 2.29. The smallest absolute Gasteiger partial charge is 0.271 e. The Morgan fingerprint density at radius 1 is 1.25 bits per heavy atom. The number of benzene rings is 1. The Kier molecular flexibility index (Phi) is 6.85. The molecule has 2 atom stereocenters. The van der Waals surface area contributed by atoms with E-state index in [0.717, 1.165) is 29.9 Å². The fourth-order valence-electron chi connectivity index (χ4n) is 1.68. The van der Waals surface area contributed by atoms with Crippen LogP contribution >= 0.6 is 11.8 Å². The van der Waals surface area contributed by atoms with E-state index >= 15 is 0 Å². The van der Waals surface area contributed by atoms with Crippen LogP contribution in [0.1, 0.15) is 31.4 Å². The van der Waals surface area contributed by atoms with Crippen LogP contribution in [0.25, 0.3) is 0 Å². The van der Waals surface area contributed by atoms with Crippen LogP contribution in [0.5, 0.6) is 0 Å². The monoisotopic (exact) mass is 306 g/mol. The van der Waals surface area contributed by atoms with Gasteiger partial charge in [-0.3, -0.25) is 11.3 Å². The van der Waals surface area contributed by atoms with Crippen molar-refractivity contribution in [2.75, 3.05) is 5.75 Å². The molecule has 2 nitrogen and oxygen atoms in total. The summed E-state index contributed by atoms with van der Waals surface area (Å²) >= 11 is 1.81. The molecule has 2 unspecified atom stereocenters. The van der Waals surface area contributed by atoms with Gasteiger partial charge in [0, 0.05) is 17.0 Å². The van der Waals surface area contributed by atoms with Gasteiger partial charge in [-0.2, -0.15) is 24.9 Å². The predicted molar refractivity (Wildman–Crippen MR) is 78.5 cm³/mol. The largest absolute Gasteiger partial charge is 0.416 e. The molecule has 0 bridgehead atoms. The first-order valence-corrected chi connectivity index (χ1v) is 7.65. The lowest BCUT2D eigenvalue weighted by Crippen LogP contribution is -2.39. The molecule has 6 heteroatoms. The van der Waals surface area contributed by atoms with Gasteiger partial charge in [-0.25, -0.2) is 0 Å². The number of rotatable bonds is 7. The van der Waals surface area contributed by atoms with Gasteiger partial charge >= 0.3 is 6.18 Å². The lowest BCUT2D eigenvalue weighted by atomic mass is 10.1. The van der Waals surface area contributed by atoms with Gasteiger partial charge in [-0.15, -0.1) is 0 Å². The molecule has 0 amide bonds. The maximum absolute atomic E-state index is 12.5. The summed E-state index contributed by atoms with van der Waals surface area (Å²) in [6.45, 7) is 4.27. The molecule has 0 saturated carbocycles. The number of hydrogen-bond acceptors (Lipinski definition) is 3. The van der Waals surface area contributed by atoms with Gasteiger partial charge < -0.3 is 0 Å². The van der Waals surface area contributed by atoms with Gasteiger partial charge in [0.05, 0.1) is 5.56 Å². The maximum Gasteiger partial charge on any atom is 0.416 e. The average molecular weight is 306 g/mol. The van der Waals surface area contributed by atoms with Crippen LogP contribution in [0.15, 0.2) is 24.3 Å². The van der Waals surface area contributed by atoms with E-state index in [4.69, 9.17) is 5.84 Å². The average Bonchev–Trinajstić information content (AvgIpc) is 2.42. The van der Waals surface area contributed by atoms with Crippen LogP contribution < -0.4 is 11.3 Å². The molecule has 1 aromatic rings. The van der Waals surface area contributed by atoms with E-state index in [1.807, 2.05) is 11.8 Å². The third-order valence-electron chi connectivity index (χ3n) is 3.16. The van der Waals surface area contributed by atoms with E-state index in [2.05, 4.69) is 19.3 Å². The second kappa shape index (κ2) is 7.90. The summed E-state index contributed by atoms with van der Waals surface area (Å²) in [7, 11) is 0. The van der Waals surface area contributed by atoms with Gasteiger partial charge in [0.15, 0.2) is 0 Å². The van der Waals surface area contributed by atoms with E-state index in [1.165, 1.54) is 12.1 Å². The second-order valence-corrected chi connectivity index (χ2v) is 6.29. The molecule has 0 aliphatic heterocycles. The van der Waals surface area contributed by atoms with Crippen LogP contribution in [-0.2, 0) is 12.6 Å². The molecule has 0 saturated heterocycles. The number of hydrogen-bond donors (Lipinski definition) is 2. The number of halogens is 3. The Hall–Kier alpha value is -0.720. The van der Waals surface area contributed by atoms with Crippen molar-refractivity contribution in [3.63, 3.8) is 0 Å². The predicted octanol–water partition coefficient (Wildman–Crippen LogP) is 3.61. The summed E-state index contributed by atoms with van der Waals surface area (Å²) in [5.41, 5.74) is 2.97. The van der Waals surface area contributed by atoms with Crippen LogP contribution in [0, 0.1) is 0 Å². The van der Waals surface area contributed by atoms with Crippen molar-refractivity contribution in [3.8, 4) is 0 Å². The molecule has 3 N–H and O–H groups in total. The zero-order valence-electron chi connectivity index (χ0n) is 11.7. The Morgan fingerprint density at radius 3 is 2.30 bits per heavy atom. The fraction of sp³-hybridized carbons (Fsp3) is 0.571. The summed E-state index contributed by atoms with van der Waals surface area (Å²) in [5, 5.41) is 0.554. The van der Waals surface area contributed by atoms with Crippen molar-refractivity contribution in [1.82, 2.24) is 5.43 Å². The first-order valence-electron chi connectivity index (χ1n) is 6.60. The lowest BCUT2D eigenvalue weighted by molar-refractivity contribution is -0.137. The minimum atomic E-state index is -4.28. The van der Waals surface area contributed by atoms with E-state index in [1.54, 1.807) is 0 Å². The number of nitrogens with two attached hydrogens (primary N) is 1. The third-order valence-corrected chi connectivity index (χ3v) is 4.65. The van der Waals surface area contributed by atoms with Crippen LogP contribution in [-0.4, -0.2) is 17.0 Å². The Balaban J connectivity index is 2.57. The van der Waals surface area contributed by atoms with Gasteiger partial charge in [0.2, 0.25) is 0 Å². The van der Waals surface area contributed by atoms with Crippen molar-refractivity contribution >= 4 is 11.8 Å². The van der Waals surface area contributed by atoms with Crippen molar-refractivity contribution in [3.05, 3.63) is 35.4 Å². The minimum absolute atomic E-state index is 0.0609. The summed E-state index contributed by atoms with van der Waals surface area (Å²) in [6.07, 6.45) is -2.57. The Morgan fingerprint density at radius 2 is 1.85 bits per heavy atom. The van der Waals surface area contributed by atoms with E-state index in [-0.39, 0.29) is 6.04 Å². The van der Waals surface area contributed by atoms with Crippen LogP contribution in [0.2, 0.25) is 0 Å². The maximum atomic E-state index is 12.5. The Labute approximate surface area is 122 Å². The molecule has 114 valence electrons. The normalized spacial score (nSPS) is 15.1. The van der Waals surface area contributed by atoms with Crippen molar-refractivity contribution < 1.29 is 13.2 Å². The molecular formula is C14H21F3N2S. The van der Waals surface area contributed by atoms with Crippen LogP contribution in [0.4, 0.5) is 13.2 Å². The molecule has 0 fully saturated rings. The molecule has 0 heterocycles. The highest BCUT2D eigenvalue weighted by atomic mass is 32.2. The summed E-state index contributed by atoms with van der Waals surface area (Å²) in [4.78, 5) is 0. The number of thioether (sulfide) groups is 1. The molecular weight excluding hydrogens is 285 g/mol. The molecule has 20 heavy (non-hydrogen) atoms. The molecule has 0 aliphatic rings. The van der Waals surface area contributed by atoms with Crippen molar-refractivity contribution in [1.29, 1.82) is 0 Å². The van der Waals surface area contributed by atoms with Crippen LogP contribution in [0.3, 0.4) is 0 Å². The number of hydrazine groups is 1. The van der Waals surface area contributed by atoms with Gasteiger partial charge in [0.25, 0.3) is 0 Å². The summed E-state index contributed by atoms with van der Waals surface area (Å²) in [5.74, 6) is 6.34. The summed E-state index contributed by atoms with van der Waals surface area (Å²) in [6, 6.07) is 5.32. The highest BCUT2D eigenvalue weighted by molar-refractivity contribution is 7.99. The first-order chi connectivity index (χ1) is 9.36. The number of alkyl halides is 3. The zero-order valence-corrected chi connectivity index (χ0v) is 12.5. The lowest BCUT2D eigenvalue weighted by Gasteiger charge is -2.18. The quantitative estimate of drug-likeness (QED) is 0.597. The first kappa shape index (κ1) is 17.3. The molecule has 0 radical (unpaired) electrons. The summed E-state index contributed by atoms with van der Waals surface area (Å²) < 4.78 is 37.4. The van der Waals surface area contributed by atoms with Crippen molar-refractivity contribution in [2.24, 2.45) is 5.84 Å². The minimum Gasteiger partial charge on any atom is -0.271 e. The van der Waals surface area contributed by atoms with E-state index in [0.29, 0.717) is 11.7 Å². The van der Waals surface area contributed by atoms with E-state index in [9.17, 15) is 13.2 Å². The van der Waals surface area contributed by atoms with Gasteiger partial charge in [0.1, 0.15) is 0 Å². The molecule has 0 aromatic heterocycles. The van der Waals surface area contributed by atoms with E-state index < -0.39 is 11.7 Å². The molecule has 1 rings (SSSR count). The van der Waals surface area contributed by atoms with Gasteiger partial charge in [-0.05, 0) is 30.5 Å². The molecule has 1 aromatic carbocycles. The Bertz CT molecular complexity index is 392. The topological polar surface area (TPSA) is 38.0 Å². The standard InChI is InChI=1S/C14H21F3N2S/c1-3-10(2)20-9-13(19-18)8-11-4-6-12(7-5-11)14(15,16)17/h4-7,10,13,19H,3,8-9,18H2,1-2H3. The van der Waals surface area contributed by atoms with Crippen molar-refractivity contribution in [2.45, 2.75) is 44.2 Å². The molecule has 0 aliphatic carbocycles.